The average molecular weight is 249 g/mol. The van der Waals surface area contributed by atoms with Gasteiger partial charge in [0.15, 0.2) is 0 Å². The number of nitrogens with zero attached hydrogens (tertiary/aromatic N) is 2. The molecule has 0 bridgehead atoms. The van der Waals surface area contributed by atoms with Crippen molar-refractivity contribution >= 4 is 18.4 Å². The third-order valence-corrected chi connectivity index (χ3v) is 2.43. The number of aromatic nitrogens is 2. The molecule has 17 heavy (non-hydrogen) atoms. The summed E-state index contributed by atoms with van der Waals surface area (Å²) in [5.74, 6) is 1.15. The van der Waals surface area contributed by atoms with Gasteiger partial charge in [-0.15, -0.1) is 10.2 Å². The molecule has 3 nitrogen and oxygen atoms in total. The lowest BCUT2D eigenvalue weighted by atomic mass is 10.1. The number of benzene rings is 1. The summed E-state index contributed by atoms with van der Waals surface area (Å²) >= 11 is 4.09. The highest BCUT2D eigenvalue weighted by molar-refractivity contribution is 7.80. The van der Waals surface area contributed by atoms with Gasteiger partial charge in [-0.05, 0) is 24.3 Å². The Morgan fingerprint density at radius 2 is 2.06 bits per heavy atom. The van der Waals surface area contributed by atoms with Crippen LogP contribution in [0.3, 0.4) is 0 Å². The van der Waals surface area contributed by atoms with Crippen LogP contribution in [0.4, 0.5) is 10.2 Å². The standard InChI is InChI=1S/C12H12FN3S/c13-10-3-1-2-9(8-10)11-4-5-12(16-15-11)14-6-7-17/h1-5,8,17H,6-7H2,(H,14,16). The molecule has 2 rings (SSSR count). The van der Waals surface area contributed by atoms with E-state index < -0.39 is 0 Å². The zero-order valence-corrected chi connectivity index (χ0v) is 9.99. The second-order valence-electron chi connectivity index (χ2n) is 3.46. The predicted octanol–water partition coefficient (Wildman–Crippen LogP) is 2.62. The van der Waals surface area contributed by atoms with Crippen molar-refractivity contribution in [1.82, 2.24) is 10.2 Å². The number of nitrogens with one attached hydrogen (secondary N) is 1. The van der Waals surface area contributed by atoms with Gasteiger partial charge in [0.05, 0.1) is 5.69 Å². The van der Waals surface area contributed by atoms with Crippen molar-refractivity contribution in [2.24, 2.45) is 0 Å². The van der Waals surface area contributed by atoms with E-state index in [2.05, 4.69) is 28.1 Å². The molecule has 5 heteroatoms. The quantitative estimate of drug-likeness (QED) is 0.818. The fourth-order valence-corrected chi connectivity index (χ4v) is 1.52. The monoisotopic (exact) mass is 249 g/mol. The molecular weight excluding hydrogens is 237 g/mol. The van der Waals surface area contributed by atoms with Gasteiger partial charge in [-0.25, -0.2) is 4.39 Å². The van der Waals surface area contributed by atoms with E-state index in [1.54, 1.807) is 12.1 Å². The van der Waals surface area contributed by atoms with E-state index >= 15 is 0 Å². The molecule has 0 saturated carbocycles. The number of thiol groups is 1. The fraction of sp³-hybridized carbons (Fsp3) is 0.167. The first-order valence-electron chi connectivity index (χ1n) is 5.24. The van der Waals surface area contributed by atoms with Gasteiger partial charge in [0, 0.05) is 17.9 Å². The summed E-state index contributed by atoms with van der Waals surface area (Å²) in [5, 5.41) is 11.1. The van der Waals surface area contributed by atoms with E-state index in [0.29, 0.717) is 11.5 Å². The predicted molar refractivity (Wildman–Crippen MR) is 69.8 cm³/mol. The fourth-order valence-electron chi connectivity index (χ4n) is 1.41. The average Bonchev–Trinajstić information content (AvgIpc) is 2.37. The Morgan fingerprint density at radius 1 is 1.18 bits per heavy atom. The number of hydrogen-bond donors (Lipinski definition) is 2. The Balaban J connectivity index is 2.17. The summed E-state index contributed by atoms with van der Waals surface area (Å²) in [7, 11) is 0. The first kappa shape index (κ1) is 11.9. The second-order valence-corrected chi connectivity index (χ2v) is 3.91. The minimum absolute atomic E-state index is 0.276. The molecule has 1 aromatic carbocycles. The highest BCUT2D eigenvalue weighted by atomic mass is 32.1. The van der Waals surface area contributed by atoms with Crippen molar-refractivity contribution in [3.8, 4) is 11.3 Å². The number of anilines is 1. The normalized spacial score (nSPS) is 10.2. The molecule has 0 aliphatic rings. The first-order valence-corrected chi connectivity index (χ1v) is 5.87. The molecular formula is C12H12FN3S. The molecule has 0 unspecified atom stereocenters. The van der Waals surface area contributed by atoms with Crippen molar-refractivity contribution in [1.29, 1.82) is 0 Å². The zero-order valence-electron chi connectivity index (χ0n) is 9.10. The third kappa shape index (κ3) is 3.17. The van der Waals surface area contributed by atoms with Crippen molar-refractivity contribution in [2.75, 3.05) is 17.6 Å². The van der Waals surface area contributed by atoms with Crippen LogP contribution in [0.1, 0.15) is 0 Å². The van der Waals surface area contributed by atoms with Crippen LogP contribution in [0.5, 0.6) is 0 Å². The van der Waals surface area contributed by atoms with Crippen LogP contribution in [-0.4, -0.2) is 22.5 Å². The summed E-state index contributed by atoms with van der Waals surface area (Å²) in [6.07, 6.45) is 0. The van der Waals surface area contributed by atoms with Crippen LogP contribution in [0, 0.1) is 5.82 Å². The smallest absolute Gasteiger partial charge is 0.148 e. The van der Waals surface area contributed by atoms with E-state index in [9.17, 15) is 4.39 Å². The maximum atomic E-state index is 13.0. The highest BCUT2D eigenvalue weighted by Gasteiger charge is 2.01. The van der Waals surface area contributed by atoms with Crippen molar-refractivity contribution in [2.45, 2.75) is 0 Å². The first-order chi connectivity index (χ1) is 8.29. The van der Waals surface area contributed by atoms with E-state index in [4.69, 9.17) is 0 Å². The summed E-state index contributed by atoms with van der Waals surface area (Å²) < 4.78 is 13.0. The van der Waals surface area contributed by atoms with Gasteiger partial charge >= 0.3 is 0 Å². The topological polar surface area (TPSA) is 37.8 Å². The minimum atomic E-state index is -0.276. The SMILES string of the molecule is Fc1cccc(-c2ccc(NCCS)nn2)c1. The molecule has 0 amide bonds. The Kier molecular flexibility index (Phi) is 3.93. The minimum Gasteiger partial charge on any atom is -0.368 e. The highest BCUT2D eigenvalue weighted by Crippen LogP contribution is 2.17. The van der Waals surface area contributed by atoms with Gasteiger partial charge in [-0.2, -0.15) is 12.6 Å². The number of rotatable bonds is 4. The van der Waals surface area contributed by atoms with Gasteiger partial charge in [-0.1, -0.05) is 12.1 Å². The molecule has 0 aliphatic heterocycles. The van der Waals surface area contributed by atoms with Gasteiger partial charge in [0.25, 0.3) is 0 Å². The van der Waals surface area contributed by atoms with Crippen LogP contribution < -0.4 is 5.32 Å². The van der Waals surface area contributed by atoms with Crippen molar-refractivity contribution in [3.63, 3.8) is 0 Å². The van der Waals surface area contributed by atoms with Crippen LogP contribution in [0.25, 0.3) is 11.3 Å². The molecule has 1 aromatic heterocycles. The Hall–Kier alpha value is -1.62. The summed E-state index contributed by atoms with van der Waals surface area (Å²) in [6, 6.07) is 9.91. The van der Waals surface area contributed by atoms with Gasteiger partial charge in [-0.3, -0.25) is 0 Å². The van der Waals surface area contributed by atoms with Crippen LogP contribution in [-0.2, 0) is 0 Å². The lowest BCUT2D eigenvalue weighted by Crippen LogP contribution is -2.05. The Labute approximate surface area is 104 Å². The molecule has 0 atom stereocenters. The lowest BCUT2D eigenvalue weighted by molar-refractivity contribution is 0.628. The molecule has 2 aromatic rings. The van der Waals surface area contributed by atoms with Crippen LogP contribution >= 0.6 is 12.6 Å². The van der Waals surface area contributed by atoms with Gasteiger partial charge in [0.1, 0.15) is 11.6 Å². The van der Waals surface area contributed by atoms with Crippen molar-refractivity contribution in [3.05, 3.63) is 42.2 Å². The molecule has 1 heterocycles. The summed E-state index contributed by atoms with van der Waals surface area (Å²) in [6.45, 7) is 0.733. The molecule has 0 aliphatic carbocycles. The molecule has 88 valence electrons. The number of halogens is 1. The second kappa shape index (κ2) is 5.63. The molecule has 0 spiro atoms. The van der Waals surface area contributed by atoms with E-state index in [0.717, 1.165) is 17.9 Å². The maximum absolute atomic E-state index is 13.0. The lowest BCUT2D eigenvalue weighted by Gasteiger charge is -2.04. The van der Waals surface area contributed by atoms with E-state index in [1.165, 1.54) is 12.1 Å². The van der Waals surface area contributed by atoms with Crippen LogP contribution in [0.15, 0.2) is 36.4 Å². The summed E-state index contributed by atoms with van der Waals surface area (Å²) in [5.41, 5.74) is 1.37. The van der Waals surface area contributed by atoms with Crippen molar-refractivity contribution < 1.29 is 4.39 Å². The van der Waals surface area contributed by atoms with E-state index in [1.807, 2.05) is 12.1 Å². The largest absolute Gasteiger partial charge is 0.368 e. The van der Waals surface area contributed by atoms with Gasteiger partial charge in [0.2, 0.25) is 0 Å². The Morgan fingerprint density at radius 3 is 2.71 bits per heavy atom. The van der Waals surface area contributed by atoms with Gasteiger partial charge < -0.3 is 5.32 Å². The number of hydrogen-bond acceptors (Lipinski definition) is 4. The third-order valence-electron chi connectivity index (χ3n) is 2.20. The van der Waals surface area contributed by atoms with Crippen LogP contribution in [0.2, 0.25) is 0 Å². The van der Waals surface area contributed by atoms with E-state index in [-0.39, 0.29) is 5.82 Å². The molecule has 0 radical (unpaired) electrons. The maximum Gasteiger partial charge on any atom is 0.148 e. The summed E-state index contributed by atoms with van der Waals surface area (Å²) in [4.78, 5) is 0. The molecule has 0 saturated heterocycles. The molecule has 1 N–H and O–H groups in total. The zero-order chi connectivity index (χ0) is 12.1. The molecule has 0 fully saturated rings. The Bertz CT molecular complexity index is 487.